The van der Waals surface area contributed by atoms with Crippen molar-refractivity contribution in [3.63, 3.8) is 0 Å². The highest BCUT2D eigenvalue weighted by atomic mass is 32.2. The van der Waals surface area contributed by atoms with Crippen LogP contribution in [0.2, 0.25) is 0 Å². The van der Waals surface area contributed by atoms with Crippen LogP contribution in [0.4, 0.5) is 5.69 Å². The summed E-state index contributed by atoms with van der Waals surface area (Å²) >= 11 is 0. The minimum Gasteiger partial charge on any atom is -0.486 e. The van der Waals surface area contributed by atoms with Crippen molar-refractivity contribution in [3.8, 4) is 5.75 Å². The van der Waals surface area contributed by atoms with Gasteiger partial charge >= 0.3 is 0 Å². The maximum absolute atomic E-state index is 11.7. The second-order valence-electron chi connectivity index (χ2n) is 4.34. The van der Waals surface area contributed by atoms with Gasteiger partial charge in [0.25, 0.3) is 10.2 Å². The van der Waals surface area contributed by atoms with Crippen LogP contribution < -0.4 is 19.9 Å². The first-order chi connectivity index (χ1) is 8.94. The molecule has 1 fully saturated rings. The quantitative estimate of drug-likeness (QED) is 0.428. The molecule has 1 aromatic carbocycles. The molecule has 0 saturated heterocycles. The van der Waals surface area contributed by atoms with E-state index in [-0.39, 0.29) is 18.5 Å². The minimum atomic E-state index is -3.54. The van der Waals surface area contributed by atoms with Crippen LogP contribution in [-0.2, 0) is 10.2 Å². The Kier molecular flexibility index (Phi) is 3.91. The molecular weight excluding hydrogens is 268 g/mol. The number of anilines is 1. The summed E-state index contributed by atoms with van der Waals surface area (Å²) in [5, 5.41) is 7.06. The molecule has 0 heterocycles. The molecule has 7 nitrogen and oxygen atoms in total. The largest absolute Gasteiger partial charge is 0.486 e. The van der Waals surface area contributed by atoms with E-state index < -0.39 is 10.2 Å². The summed E-state index contributed by atoms with van der Waals surface area (Å²) in [5.74, 6) is 0.350. The molecule has 1 saturated carbocycles. The van der Waals surface area contributed by atoms with Gasteiger partial charge in [-0.05, 0) is 25.0 Å². The van der Waals surface area contributed by atoms with Crippen molar-refractivity contribution in [2.24, 2.45) is 5.73 Å². The summed E-state index contributed by atoms with van der Waals surface area (Å²) in [7, 11) is -3.54. The molecule has 2 rings (SSSR count). The lowest BCUT2D eigenvalue weighted by molar-refractivity contribution is 0.374. The molecule has 5 N–H and O–H groups in total. The predicted octanol–water partition coefficient (Wildman–Crippen LogP) is 0.410. The smallest absolute Gasteiger partial charge is 0.299 e. The maximum atomic E-state index is 11.7. The van der Waals surface area contributed by atoms with Gasteiger partial charge in [-0.2, -0.15) is 13.1 Å². The summed E-state index contributed by atoms with van der Waals surface area (Å²) < 4.78 is 33.6. The zero-order valence-electron chi connectivity index (χ0n) is 10.2. The average molecular weight is 284 g/mol. The van der Waals surface area contributed by atoms with Crippen LogP contribution in [0.3, 0.4) is 0 Å². The van der Waals surface area contributed by atoms with Crippen molar-refractivity contribution < 1.29 is 13.2 Å². The third-order valence-corrected chi connectivity index (χ3v) is 3.53. The van der Waals surface area contributed by atoms with E-state index in [0.717, 1.165) is 12.8 Å². The summed E-state index contributed by atoms with van der Waals surface area (Å²) in [5.41, 5.74) is 5.58. The normalized spacial score (nSPS) is 14.9. The Hall–Kier alpha value is -1.80. The third-order valence-electron chi connectivity index (χ3n) is 2.38. The predicted molar refractivity (Wildman–Crippen MR) is 72.6 cm³/mol. The first-order valence-electron chi connectivity index (χ1n) is 5.80. The molecule has 0 aliphatic heterocycles. The Morgan fingerprint density at radius 1 is 1.47 bits per heavy atom. The lowest BCUT2D eigenvalue weighted by Gasteiger charge is -2.10. The maximum Gasteiger partial charge on any atom is 0.299 e. The lowest BCUT2D eigenvalue weighted by Crippen LogP contribution is -2.31. The summed E-state index contributed by atoms with van der Waals surface area (Å²) in [4.78, 5) is 0. The highest BCUT2D eigenvalue weighted by Crippen LogP contribution is 2.21. The van der Waals surface area contributed by atoms with Gasteiger partial charge < -0.3 is 10.5 Å². The van der Waals surface area contributed by atoms with Crippen LogP contribution >= 0.6 is 0 Å². The molecule has 1 aromatic rings. The van der Waals surface area contributed by atoms with Gasteiger partial charge in [0.2, 0.25) is 0 Å². The Labute approximate surface area is 111 Å². The van der Waals surface area contributed by atoms with E-state index >= 15 is 0 Å². The Morgan fingerprint density at radius 2 is 2.21 bits per heavy atom. The number of amidine groups is 1. The molecular formula is C11H16N4O3S. The summed E-state index contributed by atoms with van der Waals surface area (Å²) in [6.07, 6.45) is 1.76. The average Bonchev–Trinajstić information content (AvgIpc) is 3.09. The molecule has 0 spiro atoms. The van der Waals surface area contributed by atoms with Gasteiger partial charge in [0.05, 0.1) is 5.69 Å². The second kappa shape index (κ2) is 5.45. The highest BCUT2D eigenvalue weighted by Gasteiger charge is 2.26. The number of hydrogen-bond donors (Lipinski definition) is 4. The third kappa shape index (κ3) is 4.76. The second-order valence-corrected chi connectivity index (χ2v) is 5.79. The number of benzene rings is 1. The molecule has 104 valence electrons. The fourth-order valence-electron chi connectivity index (χ4n) is 1.42. The summed E-state index contributed by atoms with van der Waals surface area (Å²) in [6, 6.07) is 6.52. The van der Waals surface area contributed by atoms with Crippen LogP contribution in [-0.4, -0.2) is 26.9 Å². The van der Waals surface area contributed by atoms with Crippen molar-refractivity contribution in [2.45, 2.75) is 18.9 Å². The molecule has 0 unspecified atom stereocenters. The van der Waals surface area contributed by atoms with E-state index in [0.29, 0.717) is 11.4 Å². The minimum absolute atomic E-state index is 0.0312. The Balaban J connectivity index is 1.99. The van der Waals surface area contributed by atoms with Crippen LogP contribution in [0.1, 0.15) is 12.8 Å². The van der Waals surface area contributed by atoms with Gasteiger partial charge in [-0.25, -0.2) is 0 Å². The van der Waals surface area contributed by atoms with Crippen LogP contribution in [0.15, 0.2) is 24.3 Å². The van der Waals surface area contributed by atoms with Crippen molar-refractivity contribution in [1.82, 2.24) is 4.72 Å². The standard InChI is InChI=1S/C11H16N4O3S/c12-11(13)7-18-10-3-1-2-9(6-10)15-19(16,17)14-8-4-5-8/h1-3,6,8,14-15H,4-5,7H2,(H3,12,13). The number of rotatable bonds is 7. The van der Waals surface area contributed by atoms with Gasteiger partial charge in [0.15, 0.2) is 0 Å². The van der Waals surface area contributed by atoms with Gasteiger partial charge in [-0.3, -0.25) is 10.1 Å². The topological polar surface area (TPSA) is 117 Å². The molecule has 0 bridgehead atoms. The zero-order valence-corrected chi connectivity index (χ0v) is 11.0. The SMILES string of the molecule is N=C(N)COc1cccc(NS(=O)(=O)NC2CC2)c1. The van der Waals surface area contributed by atoms with Gasteiger partial charge in [0.1, 0.15) is 18.2 Å². The molecule has 1 aliphatic carbocycles. The molecule has 0 atom stereocenters. The fraction of sp³-hybridized carbons (Fsp3) is 0.364. The number of hydrogen-bond acceptors (Lipinski definition) is 4. The molecule has 0 aromatic heterocycles. The van der Waals surface area contributed by atoms with Gasteiger partial charge in [0, 0.05) is 12.1 Å². The van der Waals surface area contributed by atoms with Crippen LogP contribution in [0, 0.1) is 5.41 Å². The van der Waals surface area contributed by atoms with Gasteiger partial charge in [-0.15, -0.1) is 0 Å². The zero-order chi connectivity index (χ0) is 13.9. The Bertz CT molecular complexity index is 569. The van der Waals surface area contributed by atoms with Crippen molar-refractivity contribution >= 4 is 21.7 Å². The lowest BCUT2D eigenvalue weighted by atomic mass is 10.3. The van der Waals surface area contributed by atoms with Crippen molar-refractivity contribution in [3.05, 3.63) is 24.3 Å². The Morgan fingerprint density at radius 3 is 2.84 bits per heavy atom. The molecule has 1 aliphatic rings. The van der Waals surface area contributed by atoms with E-state index in [1.54, 1.807) is 18.2 Å². The first kappa shape index (κ1) is 13.6. The van der Waals surface area contributed by atoms with Gasteiger partial charge in [-0.1, -0.05) is 6.07 Å². The number of nitrogens with two attached hydrogens (primary N) is 1. The van der Waals surface area contributed by atoms with Crippen LogP contribution in [0.5, 0.6) is 5.75 Å². The molecule has 0 radical (unpaired) electrons. The van der Waals surface area contributed by atoms with Crippen molar-refractivity contribution in [1.29, 1.82) is 5.41 Å². The van der Waals surface area contributed by atoms with Crippen LogP contribution in [0.25, 0.3) is 0 Å². The molecule has 0 amide bonds. The number of nitrogens with one attached hydrogen (secondary N) is 3. The van der Waals surface area contributed by atoms with E-state index in [1.165, 1.54) is 6.07 Å². The van der Waals surface area contributed by atoms with E-state index in [2.05, 4.69) is 9.44 Å². The van der Waals surface area contributed by atoms with E-state index in [9.17, 15) is 8.42 Å². The van der Waals surface area contributed by atoms with Crippen molar-refractivity contribution in [2.75, 3.05) is 11.3 Å². The van der Waals surface area contributed by atoms with E-state index in [4.69, 9.17) is 15.9 Å². The highest BCUT2D eigenvalue weighted by molar-refractivity contribution is 7.90. The van der Waals surface area contributed by atoms with E-state index in [1.807, 2.05) is 0 Å². The monoisotopic (exact) mass is 284 g/mol. The summed E-state index contributed by atoms with van der Waals surface area (Å²) in [6.45, 7) is -0.0312. The first-order valence-corrected chi connectivity index (χ1v) is 7.29. The number of ether oxygens (including phenoxy) is 1. The molecule has 19 heavy (non-hydrogen) atoms. The molecule has 8 heteroatoms. The fourth-order valence-corrected chi connectivity index (χ4v) is 2.59.